The molecule has 0 aromatic carbocycles. The van der Waals surface area contributed by atoms with Gasteiger partial charge in [-0.1, -0.05) is 20.3 Å². The molecule has 0 atom stereocenters. The number of hydrogen-bond donors (Lipinski definition) is 2. The van der Waals surface area contributed by atoms with Crippen molar-refractivity contribution in [3.05, 3.63) is 11.9 Å². The first kappa shape index (κ1) is 16.2. The van der Waals surface area contributed by atoms with E-state index in [0.29, 0.717) is 13.0 Å². The molecule has 0 aliphatic heterocycles. The number of aromatic nitrogens is 2. The zero-order chi connectivity index (χ0) is 14.8. The van der Waals surface area contributed by atoms with Crippen LogP contribution in [0.2, 0.25) is 0 Å². The smallest absolute Gasteiger partial charge is 0.307 e. The Morgan fingerprint density at radius 1 is 1.15 bits per heavy atom. The SMILES string of the molecule is CCCNc1ncnc(NCCC(=O)OC)c1CCC. The summed E-state index contributed by atoms with van der Waals surface area (Å²) in [5.74, 6) is 1.45. The maximum Gasteiger partial charge on any atom is 0.307 e. The Morgan fingerprint density at radius 3 is 2.35 bits per heavy atom. The summed E-state index contributed by atoms with van der Waals surface area (Å²) < 4.78 is 4.62. The second kappa shape index (κ2) is 9.12. The van der Waals surface area contributed by atoms with Crippen LogP contribution in [-0.2, 0) is 16.0 Å². The quantitative estimate of drug-likeness (QED) is 0.676. The molecule has 1 aromatic rings. The molecule has 6 nitrogen and oxygen atoms in total. The van der Waals surface area contributed by atoms with E-state index in [9.17, 15) is 4.79 Å². The fourth-order valence-corrected chi connectivity index (χ4v) is 1.83. The van der Waals surface area contributed by atoms with Crippen molar-refractivity contribution >= 4 is 17.6 Å². The van der Waals surface area contributed by atoms with Crippen molar-refractivity contribution in [2.24, 2.45) is 0 Å². The number of rotatable bonds is 9. The molecule has 6 heteroatoms. The Kier molecular flexibility index (Phi) is 7.39. The number of carbonyl (C=O) groups excluding carboxylic acids is 1. The molecule has 0 unspecified atom stereocenters. The third-order valence-corrected chi connectivity index (χ3v) is 2.84. The van der Waals surface area contributed by atoms with Crippen molar-refractivity contribution in [3.63, 3.8) is 0 Å². The molecule has 1 heterocycles. The van der Waals surface area contributed by atoms with Gasteiger partial charge in [0.1, 0.15) is 18.0 Å². The van der Waals surface area contributed by atoms with Gasteiger partial charge in [-0.25, -0.2) is 9.97 Å². The second-order valence-corrected chi connectivity index (χ2v) is 4.48. The van der Waals surface area contributed by atoms with Gasteiger partial charge in [0.25, 0.3) is 0 Å². The van der Waals surface area contributed by atoms with Gasteiger partial charge in [0.05, 0.1) is 13.5 Å². The zero-order valence-corrected chi connectivity index (χ0v) is 12.5. The number of methoxy groups -OCH3 is 1. The highest BCUT2D eigenvalue weighted by Crippen LogP contribution is 2.21. The van der Waals surface area contributed by atoms with Gasteiger partial charge < -0.3 is 15.4 Å². The van der Waals surface area contributed by atoms with E-state index in [-0.39, 0.29) is 5.97 Å². The maximum absolute atomic E-state index is 11.1. The third kappa shape index (κ3) is 5.03. The lowest BCUT2D eigenvalue weighted by Gasteiger charge is -2.14. The molecule has 0 saturated carbocycles. The number of hydrogen-bond acceptors (Lipinski definition) is 6. The van der Waals surface area contributed by atoms with Crippen molar-refractivity contribution < 1.29 is 9.53 Å². The van der Waals surface area contributed by atoms with Crippen molar-refractivity contribution in [1.29, 1.82) is 0 Å². The van der Waals surface area contributed by atoms with Crippen molar-refractivity contribution in [3.8, 4) is 0 Å². The van der Waals surface area contributed by atoms with Crippen LogP contribution in [0, 0.1) is 0 Å². The van der Waals surface area contributed by atoms with Crippen LogP contribution < -0.4 is 10.6 Å². The van der Waals surface area contributed by atoms with E-state index in [1.165, 1.54) is 13.4 Å². The van der Waals surface area contributed by atoms with E-state index in [2.05, 4.69) is 39.2 Å². The normalized spacial score (nSPS) is 10.2. The third-order valence-electron chi connectivity index (χ3n) is 2.84. The van der Waals surface area contributed by atoms with Crippen LogP contribution in [-0.4, -0.2) is 36.1 Å². The summed E-state index contributed by atoms with van der Waals surface area (Å²) in [5.41, 5.74) is 1.08. The summed E-state index contributed by atoms with van der Waals surface area (Å²) in [7, 11) is 1.39. The van der Waals surface area contributed by atoms with Gasteiger partial charge in [-0.05, 0) is 12.8 Å². The number of anilines is 2. The molecule has 0 aliphatic carbocycles. The molecule has 0 radical (unpaired) electrons. The van der Waals surface area contributed by atoms with Crippen molar-refractivity contribution in [2.45, 2.75) is 39.5 Å². The predicted molar refractivity (Wildman–Crippen MR) is 79.9 cm³/mol. The number of carbonyl (C=O) groups is 1. The number of nitrogens with zero attached hydrogens (tertiary/aromatic N) is 2. The molecule has 0 saturated heterocycles. The minimum absolute atomic E-state index is 0.229. The zero-order valence-electron chi connectivity index (χ0n) is 12.5. The standard InChI is InChI=1S/C14H24N4O2/c1-4-6-11-13(15-8-5-2)17-10-18-14(11)16-9-7-12(19)20-3/h10H,4-9H2,1-3H3,(H2,15,16,17,18). The lowest BCUT2D eigenvalue weighted by atomic mass is 10.1. The second-order valence-electron chi connectivity index (χ2n) is 4.48. The van der Waals surface area contributed by atoms with Gasteiger partial charge in [-0.15, -0.1) is 0 Å². The average molecular weight is 280 g/mol. The van der Waals surface area contributed by atoms with Crippen LogP contribution in [0.5, 0.6) is 0 Å². The molecule has 0 aliphatic rings. The van der Waals surface area contributed by atoms with Gasteiger partial charge in [-0.3, -0.25) is 4.79 Å². The molecule has 2 N–H and O–H groups in total. The van der Waals surface area contributed by atoms with Gasteiger partial charge in [0.2, 0.25) is 0 Å². The first-order valence-corrected chi connectivity index (χ1v) is 7.11. The van der Waals surface area contributed by atoms with Crippen LogP contribution in [0.25, 0.3) is 0 Å². The summed E-state index contributed by atoms with van der Waals surface area (Å²) >= 11 is 0. The van der Waals surface area contributed by atoms with Crippen LogP contribution in [0.15, 0.2) is 6.33 Å². The summed E-state index contributed by atoms with van der Waals surface area (Å²) in [6.45, 7) is 5.63. The molecular weight excluding hydrogens is 256 g/mol. The van der Waals surface area contributed by atoms with Gasteiger partial charge in [0, 0.05) is 18.7 Å². The molecule has 20 heavy (non-hydrogen) atoms. The summed E-state index contributed by atoms with van der Waals surface area (Å²) in [5, 5.41) is 6.50. The van der Waals surface area contributed by atoms with Crippen molar-refractivity contribution in [2.75, 3.05) is 30.8 Å². The largest absolute Gasteiger partial charge is 0.469 e. The van der Waals surface area contributed by atoms with E-state index >= 15 is 0 Å². The summed E-state index contributed by atoms with van der Waals surface area (Å²) in [6, 6.07) is 0. The first-order valence-electron chi connectivity index (χ1n) is 7.11. The Balaban J connectivity index is 2.74. The highest BCUT2D eigenvalue weighted by atomic mass is 16.5. The Morgan fingerprint density at radius 2 is 1.80 bits per heavy atom. The molecule has 112 valence electrons. The lowest BCUT2D eigenvalue weighted by Crippen LogP contribution is -2.14. The highest BCUT2D eigenvalue weighted by Gasteiger charge is 2.10. The van der Waals surface area contributed by atoms with Crippen LogP contribution in [0.4, 0.5) is 11.6 Å². The number of ether oxygens (including phenoxy) is 1. The van der Waals surface area contributed by atoms with E-state index in [0.717, 1.165) is 43.0 Å². The van der Waals surface area contributed by atoms with E-state index < -0.39 is 0 Å². The van der Waals surface area contributed by atoms with Gasteiger partial charge in [0.15, 0.2) is 0 Å². The molecule has 1 rings (SSSR count). The molecule has 0 spiro atoms. The Hall–Kier alpha value is -1.85. The van der Waals surface area contributed by atoms with E-state index in [4.69, 9.17) is 0 Å². The fourth-order valence-electron chi connectivity index (χ4n) is 1.83. The molecule has 1 aromatic heterocycles. The molecular formula is C14H24N4O2. The monoisotopic (exact) mass is 280 g/mol. The Labute approximate surface area is 120 Å². The molecule has 0 amide bonds. The first-order chi connectivity index (χ1) is 9.72. The van der Waals surface area contributed by atoms with Gasteiger partial charge in [-0.2, -0.15) is 0 Å². The lowest BCUT2D eigenvalue weighted by molar-refractivity contribution is -0.140. The van der Waals surface area contributed by atoms with Crippen LogP contribution >= 0.6 is 0 Å². The topological polar surface area (TPSA) is 76.1 Å². The number of nitrogens with one attached hydrogen (secondary N) is 2. The van der Waals surface area contributed by atoms with E-state index in [1.807, 2.05) is 0 Å². The summed E-state index contributed by atoms with van der Waals surface area (Å²) in [4.78, 5) is 19.7. The Bertz CT molecular complexity index is 424. The van der Waals surface area contributed by atoms with Gasteiger partial charge >= 0.3 is 5.97 Å². The molecule has 0 fully saturated rings. The maximum atomic E-state index is 11.1. The minimum Gasteiger partial charge on any atom is -0.469 e. The van der Waals surface area contributed by atoms with Crippen LogP contribution in [0.3, 0.4) is 0 Å². The average Bonchev–Trinajstić information content (AvgIpc) is 2.47. The highest BCUT2D eigenvalue weighted by molar-refractivity contribution is 5.70. The van der Waals surface area contributed by atoms with Crippen LogP contribution in [0.1, 0.15) is 38.7 Å². The molecule has 0 bridgehead atoms. The van der Waals surface area contributed by atoms with Crippen molar-refractivity contribution in [1.82, 2.24) is 9.97 Å². The fraction of sp³-hybridized carbons (Fsp3) is 0.643. The van der Waals surface area contributed by atoms with E-state index in [1.54, 1.807) is 0 Å². The predicted octanol–water partition coefficient (Wildman–Crippen LogP) is 2.23. The summed E-state index contributed by atoms with van der Waals surface area (Å²) in [6.07, 6.45) is 4.81. The number of esters is 1. The minimum atomic E-state index is -0.229.